The second-order valence-electron chi connectivity index (χ2n) is 3.90. The van der Waals surface area contributed by atoms with E-state index in [1.807, 2.05) is 49.4 Å². The van der Waals surface area contributed by atoms with Crippen LogP contribution in [0.2, 0.25) is 5.02 Å². The summed E-state index contributed by atoms with van der Waals surface area (Å²) in [6.45, 7) is 2.42. The molecule has 0 saturated carbocycles. The van der Waals surface area contributed by atoms with Crippen LogP contribution < -0.4 is 10.5 Å². The van der Waals surface area contributed by atoms with Crippen molar-refractivity contribution in [2.75, 3.05) is 5.73 Å². The number of benzene rings is 2. The van der Waals surface area contributed by atoms with Crippen molar-refractivity contribution in [1.82, 2.24) is 0 Å². The summed E-state index contributed by atoms with van der Waals surface area (Å²) < 4.78 is 5.67. The summed E-state index contributed by atoms with van der Waals surface area (Å²) in [7, 11) is 0. The molecule has 0 aliphatic carbocycles. The van der Waals surface area contributed by atoms with E-state index in [1.165, 1.54) is 0 Å². The van der Waals surface area contributed by atoms with E-state index in [4.69, 9.17) is 22.1 Å². The third-order valence-electron chi connectivity index (χ3n) is 2.58. The van der Waals surface area contributed by atoms with Crippen LogP contribution in [0.1, 0.15) is 11.1 Å². The van der Waals surface area contributed by atoms with Crippen LogP contribution in [0.15, 0.2) is 42.5 Å². The maximum absolute atomic E-state index is 5.95. The van der Waals surface area contributed by atoms with Gasteiger partial charge in [-0.3, -0.25) is 0 Å². The van der Waals surface area contributed by atoms with Crippen molar-refractivity contribution in [2.45, 2.75) is 13.5 Å². The number of nitrogen functional groups attached to an aromatic ring is 1. The first kappa shape index (κ1) is 11.8. The Morgan fingerprint density at radius 1 is 1.18 bits per heavy atom. The van der Waals surface area contributed by atoms with Gasteiger partial charge in [-0.15, -0.1) is 0 Å². The van der Waals surface area contributed by atoms with Gasteiger partial charge < -0.3 is 10.5 Å². The molecule has 2 aromatic carbocycles. The van der Waals surface area contributed by atoms with E-state index in [-0.39, 0.29) is 0 Å². The Morgan fingerprint density at radius 3 is 2.65 bits per heavy atom. The fraction of sp³-hybridized carbons (Fsp3) is 0.143. The summed E-state index contributed by atoms with van der Waals surface area (Å²) in [6, 6.07) is 13.3. The van der Waals surface area contributed by atoms with E-state index in [0.717, 1.165) is 27.6 Å². The van der Waals surface area contributed by atoms with Gasteiger partial charge in [0.25, 0.3) is 0 Å². The highest BCUT2D eigenvalue weighted by molar-refractivity contribution is 6.31. The van der Waals surface area contributed by atoms with Crippen molar-refractivity contribution < 1.29 is 4.74 Å². The number of nitrogens with two attached hydrogens (primary N) is 1. The van der Waals surface area contributed by atoms with Crippen molar-refractivity contribution in [3.8, 4) is 5.75 Å². The molecule has 0 aliphatic heterocycles. The monoisotopic (exact) mass is 247 g/mol. The summed E-state index contributed by atoms with van der Waals surface area (Å²) in [6.07, 6.45) is 0. The van der Waals surface area contributed by atoms with E-state index in [2.05, 4.69) is 0 Å². The molecule has 2 N–H and O–H groups in total. The van der Waals surface area contributed by atoms with E-state index in [1.54, 1.807) is 0 Å². The molecule has 0 amide bonds. The highest BCUT2D eigenvalue weighted by Gasteiger charge is 2.01. The normalized spacial score (nSPS) is 10.2. The molecule has 0 radical (unpaired) electrons. The van der Waals surface area contributed by atoms with Gasteiger partial charge in [0.05, 0.1) is 0 Å². The number of hydrogen-bond acceptors (Lipinski definition) is 2. The lowest BCUT2D eigenvalue weighted by molar-refractivity contribution is 0.306. The molecule has 0 unspecified atom stereocenters. The third kappa shape index (κ3) is 2.92. The maximum Gasteiger partial charge on any atom is 0.120 e. The molecule has 0 aliphatic rings. The Hall–Kier alpha value is -1.67. The molecule has 0 bridgehead atoms. The number of ether oxygens (including phenoxy) is 1. The van der Waals surface area contributed by atoms with Gasteiger partial charge in [-0.25, -0.2) is 0 Å². The van der Waals surface area contributed by atoms with Crippen molar-refractivity contribution in [3.63, 3.8) is 0 Å². The van der Waals surface area contributed by atoms with Crippen molar-refractivity contribution in [3.05, 3.63) is 58.6 Å². The van der Waals surface area contributed by atoms with Gasteiger partial charge in [0.15, 0.2) is 0 Å². The first-order chi connectivity index (χ1) is 8.16. The van der Waals surface area contributed by atoms with Crippen molar-refractivity contribution in [1.29, 1.82) is 0 Å². The smallest absolute Gasteiger partial charge is 0.120 e. The molecule has 0 heterocycles. The first-order valence-electron chi connectivity index (χ1n) is 5.39. The van der Waals surface area contributed by atoms with Gasteiger partial charge in [-0.2, -0.15) is 0 Å². The van der Waals surface area contributed by atoms with E-state index in [0.29, 0.717) is 6.61 Å². The second-order valence-corrected chi connectivity index (χ2v) is 4.31. The lowest BCUT2D eigenvalue weighted by Gasteiger charge is -2.09. The first-order valence-corrected chi connectivity index (χ1v) is 5.77. The van der Waals surface area contributed by atoms with Gasteiger partial charge in [0, 0.05) is 16.3 Å². The van der Waals surface area contributed by atoms with Gasteiger partial charge in [0.2, 0.25) is 0 Å². The second kappa shape index (κ2) is 5.11. The molecule has 17 heavy (non-hydrogen) atoms. The summed E-state index contributed by atoms with van der Waals surface area (Å²) in [5.41, 5.74) is 8.58. The van der Waals surface area contributed by atoms with Crippen LogP contribution in [0.25, 0.3) is 0 Å². The third-order valence-corrected chi connectivity index (χ3v) is 3.00. The molecule has 0 atom stereocenters. The van der Waals surface area contributed by atoms with Gasteiger partial charge in [-0.1, -0.05) is 29.8 Å². The van der Waals surface area contributed by atoms with Gasteiger partial charge in [-0.05, 0) is 36.8 Å². The summed E-state index contributed by atoms with van der Waals surface area (Å²) in [4.78, 5) is 0. The molecular weight excluding hydrogens is 234 g/mol. The van der Waals surface area contributed by atoms with E-state index < -0.39 is 0 Å². The number of aryl methyl sites for hydroxylation is 1. The Kier molecular flexibility index (Phi) is 3.55. The maximum atomic E-state index is 5.95. The minimum atomic E-state index is 0.466. The standard InChI is InChI=1S/C14H14ClNO/c1-10-8-12(6-7-13(10)15)17-9-11-4-2-3-5-14(11)16/h2-8H,9,16H2,1H3. The van der Waals surface area contributed by atoms with Gasteiger partial charge >= 0.3 is 0 Å². The van der Waals surface area contributed by atoms with Crippen molar-refractivity contribution in [2.24, 2.45) is 0 Å². The molecule has 2 nitrogen and oxygen atoms in total. The largest absolute Gasteiger partial charge is 0.489 e. The lowest BCUT2D eigenvalue weighted by Crippen LogP contribution is -1.99. The molecule has 2 rings (SSSR count). The molecule has 0 aromatic heterocycles. The lowest BCUT2D eigenvalue weighted by atomic mass is 10.2. The van der Waals surface area contributed by atoms with Crippen LogP contribution in [0.3, 0.4) is 0 Å². The average Bonchev–Trinajstić information content (AvgIpc) is 2.32. The Bertz CT molecular complexity index is 525. The Morgan fingerprint density at radius 2 is 1.94 bits per heavy atom. The Labute approximate surface area is 106 Å². The predicted molar refractivity (Wildman–Crippen MR) is 71.4 cm³/mol. The van der Waals surface area contributed by atoms with Crippen LogP contribution in [-0.4, -0.2) is 0 Å². The fourth-order valence-corrected chi connectivity index (χ4v) is 1.65. The van der Waals surface area contributed by atoms with Crippen LogP contribution in [-0.2, 0) is 6.61 Å². The molecule has 2 aromatic rings. The average molecular weight is 248 g/mol. The van der Waals surface area contributed by atoms with E-state index >= 15 is 0 Å². The number of hydrogen-bond donors (Lipinski definition) is 1. The van der Waals surface area contributed by atoms with Gasteiger partial charge in [0.1, 0.15) is 12.4 Å². The van der Waals surface area contributed by atoms with E-state index in [9.17, 15) is 0 Å². The van der Waals surface area contributed by atoms with Crippen LogP contribution in [0.4, 0.5) is 5.69 Å². The number of halogens is 1. The predicted octanol–water partition coefficient (Wildman–Crippen LogP) is 3.81. The van der Waals surface area contributed by atoms with Crippen LogP contribution >= 0.6 is 11.6 Å². The zero-order chi connectivity index (χ0) is 12.3. The number of para-hydroxylation sites is 1. The summed E-state index contributed by atoms with van der Waals surface area (Å²) in [5.74, 6) is 0.801. The highest BCUT2D eigenvalue weighted by Crippen LogP contribution is 2.22. The number of anilines is 1. The summed E-state index contributed by atoms with van der Waals surface area (Å²) in [5, 5.41) is 0.747. The molecular formula is C14H14ClNO. The minimum absolute atomic E-state index is 0.466. The molecule has 88 valence electrons. The molecule has 0 spiro atoms. The van der Waals surface area contributed by atoms with Crippen LogP contribution in [0.5, 0.6) is 5.75 Å². The zero-order valence-electron chi connectivity index (χ0n) is 9.61. The SMILES string of the molecule is Cc1cc(OCc2ccccc2N)ccc1Cl. The minimum Gasteiger partial charge on any atom is -0.489 e. The number of rotatable bonds is 3. The molecule has 0 fully saturated rings. The fourth-order valence-electron chi connectivity index (χ4n) is 1.53. The zero-order valence-corrected chi connectivity index (χ0v) is 10.4. The highest BCUT2D eigenvalue weighted by atomic mass is 35.5. The topological polar surface area (TPSA) is 35.2 Å². The summed E-state index contributed by atoms with van der Waals surface area (Å²) >= 11 is 5.95. The quantitative estimate of drug-likeness (QED) is 0.837. The van der Waals surface area contributed by atoms with Crippen molar-refractivity contribution >= 4 is 17.3 Å². The van der Waals surface area contributed by atoms with Crippen LogP contribution in [0, 0.1) is 6.92 Å². The molecule has 0 saturated heterocycles. The molecule has 3 heteroatoms. The Balaban J connectivity index is 2.08.